The van der Waals surface area contributed by atoms with Crippen LogP contribution in [0.2, 0.25) is 5.02 Å². The maximum Gasteiger partial charge on any atom is 0.256 e. The monoisotopic (exact) mass is 310 g/mol. The van der Waals surface area contributed by atoms with E-state index in [-0.39, 0.29) is 11.5 Å². The van der Waals surface area contributed by atoms with Gasteiger partial charge in [-0.3, -0.25) is 4.79 Å². The minimum atomic E-state index is -0.501. The van der Waals surface area contributed by atoms with Gasteiger partial charge in [-0.15, -0.1) is 0 Å². The highest BCUT2D eigenvalue weighted by Gasteiger charge is 2.27. The van der Waals surface area contributed by atoms with Gasteiger partial charge in [-0.25, -0.2) is 4.39 Å². The van der Waals surface area contributed by atoms with E-state index in [1.807, 2.05) is 0 Å². The molecule has 3 rings (SSSR count). The van der Waals surface area contributed by atoms with Gasteiger partial charge in [0.25, 0.3) is 5.91 Å². The van der Waals surface area contributed by atoms with E-state index >= 15 is 0 Å². The van der Waals surface area contributed by atoms with E-state index in [1.165, 1.54) is 31.0 Å². The highest BCUT2D eigenvalue weighted by molar-refractivity contribution is 6.31. The van der Waals surface area contributed by atoms with Crippen molar-refractivity contribution < 1.29 is 9.18 Å². The predicted octanol–water partition coefficient (Wildman–Crippen LogP) is 3.08. The summed E-state index contributed by atoms with van der Waals surface area (Å²) in [5, 5.41) is 3.96. The summed E-state index contributed by atoms with van der Waals surface area (Å²) >= 11 is 5.85. The Morgan fingerprint density at radius 3 is 2.67 bits per heavy atom. The molecule has 1 saturated heterocycles. The minimum absolute atomic E-state index is 0.0758. The first kappa shape index (κ1) is 14.8. The first-order valence-electron chi connectivity index (χ1n) is 7.61. The summed E-state index contributed by atoms with van der Waals surface area (Å²) in [6.45, 7) is 2.45. The van der Waals surface area contributed by atoms with Crippen molar-refractivity contribution in [1.82, 2.24) is 10.2 Å². The topological polar surface area (TPSA) is 32.3 Å². The van der Waals surface area contributed by atoms with Crippen molar-refractivity contribution in [3.05, 3.63) is 34.6 Å². The highest BCUT2D eigenvalue weighted by Crippen LogP contribution is 2.28. The zero-order chi connectivity index (χ0) is 14.8. The Bertz CT molecular complexity index is 525. The lowest BCUT2D eigenvalue weighted by atomic mass is 10.0. The van der Waals surface area contributed by atoms with Crippen LogP contribution in [0.15, 0.2) is 18.2 Å². The number of amides is 1. The van der Waals surface area contributed by atoms with Crippen molar-refractivity contribution >= 4 is 17.5 Å². The van der Waals surface area contributed by atoms with E-state index in [9.17, 15) is 9.18 Å². The summed E-state index contributed by atoms with van der Waals surface area (Å²) in [4.78, 5) is 14.1. The molecule has 1 aliphatic heterocycles. The molecule has 1 heterocycles. The molecule has 0 radical (unpaired) electrons. The van der Waals surface area contributed by atoms with Crippen LogP contribution in [0.3, 0.4) is 0 Å². The van der Waals surface area contributed by atoms with Gasteiger partial charge in [-0.05, 0) is 56.3 Å². The van der Waals surface area contributed by atoms with E-state index in [0.717, 1.165) is 25.3 Å². The molecular weight excluding hydrogens is 291 g/mol. The van der Waals surface area contributed by atoms with E-state index in [4.69, 9.17) is 11.6 Å². The first-order valence-corrected chi connectivity index (χ1v) is 7.99. The molecule has 0 aromatic heterocycles. The van der Waals surface area contributed by atoms with Crippen LogP contribution < -0.4 is 5.32 Å². The van der Waals surface area contributed by atoms with Crippen molar-refractivity contribution in [2.75, 3.05) is 19.6 Å². The average molecular weight is 311 g/mol. The van der Waals surface area contributed by atoms with Crippen LogP contribution >= 0.6 is 11.6 Å². The first-order chi connectivity index (χ1) is 10.1. The SMILES string of the molecule is O=C(c1cc(Cl)ccc1F)N1CCC(NCC2CC2)CC1. The maximum absolute atomic E-state index is 13.7. The van der Waals surface area contributed by atoms with Crippen LogP contribution in [-0.2, 0) is 0 Å². The summed E-state index contributed by atoms with van der Waals surface area (Å²) in [6, 6.07) is 4.61. The number of nitrogens with one attached hydrogen (secondary N) is 1. The van der Waals surface area contributed by atoms with Gasteiger partial charge in [0.05, 0.1) is 5.56 Å². The second-order valence-electron chi connectivity index (χ2n) is 6.04. The molecule has 1 aromatic rings. The standard InChI is InChI=1S/C16H20ClFN2O/c17-12-3-4-15(18)14(9-12)16(21)20-7-5-13(6-8-20)19-10-11-1-2-11/h3-4,9,11,13,19H,1-2,5-8,10H2. The van der Waals surface area contributed by atoms with Gasteiger partial charge >= 0.3 is 0 Å². The van der Waals surface area contributed by atoms with Crippen LogP contribution in [0.5, 0.6) is 0 Å². The zero-order valence-corrected chi connectivity index (χ0v) is 12.7. The van der Waals surface area contributed by atoms with Crippen molar-refractivity contribution in [1.29, 1.82) is 0 Å². The van der Waals surface area contributed by atoms with Gasteiger partial charge in [0.2, 0.25) is 0 Å². The lowest BCUT2D eigenvalue weighted by Gasteiger charge is -2.32. The van der Waals surface area contributed by atoms with Gasteiger partial charge in [0, 0.05) is 24.2 Å². The van der Waals surface area contributed by atoms with Crippen LogP contribution in [0, 0.1) is 11.7 Å². The normalized spacial score (nSPS) is 19.8. The summed E-state index contributed by atoms with van der Waals surface area (Å²) in [5.74, 6) is 0.110. The Morgan fingerprint density at radius 2 is 2.00 bits per heavy atom. The highest BCUT2D eigenvalue weighted by atomic mass is 35.5. The molecule has 1 saturated carbocycles. The molecule has 0 bridgehead atoms. The van der Waals surface area contributed by atoms with E-state index in [0.29, 0.717) is 24.2 Å². The molecule has 21 heavy (non-hydrogen) atoms. The molecule has 1 N–H and O–H groups in total. The number of hydrogen-bond acceptors (Lipinski definition) is 2. The summed E-state index contributed by atoms with van der Waals surface area (Å²) in [5.41, 5.74) is 0.0758. The number of piperidine rings is 1. The number of carbonyl (C=O) groups is 1. The number of nitrogens with zero attached hydrogens (tertiary/aromatic N) is 1. The molecule has 1 amide bonds. The smallest absolute Gasteiger partial charge is 0.256 e. The molecule has 3 nitrogen and oxygen atoms in total. The Labute approximate surface area is 129 Å². The molecule has 1 aromatic carbocycles. The summed E-state index contributed by atoms with van der Waals surface area (Å²) in [7, 11) is 0. The number of halogens is 2. The number of carbonyl (C=O) groups excluding carboxylic acids is 1. The number of rotatable bonds is 4. The summed E-state index contributed by atoms with van der Waals surface area (Å²) < 4.78 is 13.7. The minimum Gasteiger partial charge on any atom is -0.338 e. The fraction of sp³-hybridized carbons (Fsp3) is 0.562. The quantitative estimate of drug-likeness (QED) is 0.927. The Kier molecular flexibility index (Phi) is 4.45. The van der Waals surface area contributed by atoms with E-state index in [2.05, 4.69) is 5.32 Å². The van der Waals surface area contributed by atoms with Crippen LogP contribution in [-0.4, -0.2) is 36.5 Å². The number of benzene rings is 1. The van der Waals surface area contributed by atoms with Crippen LogP contribution in [0.1, 0.15) is 36.0 Å². The number of hydrogen-bond donors (Lipinski definition) is 1. The van der Waals surface area contributed by atoms with Crippen LogP contribution in [0.25, 0.3) is 0 Å². The third-order valence-corrected chi connectivity index (χ3v) is 4.57. The fourth-order valence-electron chi connectivity index (χ4n) is 2.77. The molecule has 114 valence electrons. The molecule has 1 aliphatic carbocycles. The van der Waals surface area contributed by atoms with Crippen molar-refractivity contribution in [2.45, 2.75) is 31.7 Å². The van der Waals surface area contributed by atoms with Crippen molar-refractivity contribution in [2.24, 2.45) is 5.92 Å². The molecular formula is C16H20ClFN2O. The van der Waals surface area contributed by atoms with Crippen molar-refractivity contribution in [3.8, 4) is 0 Å². The Morgan fingerprint density at radius 1 is 1.29 bits per heavy atom. The third kappa shape index (κ3) is 3.74. The molecule has 2 fully saturated rings. The lowest BCUT2D eigenvalue weighted by molar-refractivity contribution is 0.0700. The second kappa shape index (κ2) is 6.32. The summed E-state index contributed by atoms with van der Waals surface area (Å²) in [6.07, 6.45) is 4.55. The van der Waals surface area contributed by atoms with E-state index in [1.54, 1.807) is 4.90 Å². The molecule has 5 heteroatoms. The molecule has 0 spiro atoms. The number of likely N-dealkylation sites (tertiary alicyclic amines) is 1. The van der Waals surface area contributed by atoms with E-state index < -0.39 is 5.82 Å². The van der Waals surface area contributed by atoms with Gasteiger partial charge in [-0.2, -0.15) is 0 Å². The Balaban J connectivity index is 1.55. The van der Waals surface area contributed by atoms with Gasteiger partial charge in [0.1, 0.15) is 5.82 Å². The van der Waals surface area contributed by atoms with Crippen molar-refractivity contribution in [3.63, 3.8) is 0 Å². The largest absolute Gasteiger partial charge is 0.338 e. The van der Waals surface area contributed by atoms with Gasteiger partial charge in [0.15, 0.2) is 0 Å². The zero-order valence-electron chi connectivity index (χ0n) is 11.9. The molecule has 0 unspecified atom stereocenters. The van der Waals surface area contributed by atoms with Gasteiger partial charge < -0.3 is 10.2 Å². The molecule has 0 atom stereocenters. The fourth-order valence-corrected chi connectivity index (χ4v) is 2.95. The predicted molar refractivity (Wildman–Crippen MR) is 81.1 cm³/mol. The molecule has 2 aliphatic rings. The van der Waals surface area contributed by atoms with Crippen LogP contribution in [0.4, 0.5) is 4.39 Å². The Hall–Kier alpha value is -1.13. The maximum atomic E-state index is 13.7. The third-order valence-electron chi connectivity index (χ3n) is 4.33. The lowest BCUT2D eigenvalue weighted by Crippen LogP contribution is -2.45. The average Bonchev–Trinajstić information content (AvgIpc) is 3.32. The van der Waals surface area contributed by atoms with Gasteiger partial charge in [-0.1, -0.05) is 11.6 Å². The second-order valence-corrected chi connectivity index (χ2v) is 6.48.